The maximum Gasteiger partial charge on any atom is 0.238 e. The molecule has 0 radical (unpaired) electrons. The Morgan fingerprint density at radius 3 is 2.87 bits per heavy atom. The number of pyridine rings is 1. The Hall–Kier alpha value is -3.04. The van der Waals surface area contributed by atoms with Gasteiger partial charge in [-0.15, -0.1) is 5.10 Å². The van der Waals surface area contributed by atoms with Crippen LogP contribution in [0.3, 0.4) is 0 Å². The highest BCUT2D eigenvalue weighted by Gasteiger charge is 2.27. The molecule has 0 saturated heterocycles. The van der Waals surface area contributed by atoms with Gasteiger partial charge in [0.05, 0.1) is 31.7 Å². The number of aromatic nitrogens is 6. The van der Waals surface area contributed by atoms with Gasteiger partial charge < -0.3 is 14.0 Å². The van der Waals surface area contributed by atoms with Gasteiger partial charge in [-0.3, -0.25) is 0 Å². The first-order valence-electron chi connectivity index (χ1n) is 9.46. The smallest absolute Gasteiger partial charge is 0.238 e. The Balaban J connectivity index is 1.53. The number of rotatable bonds is 4. The highest BCUT2D eigenvalue weighted by molar-refractivity contribution is 9.10. The van der Waals surface area contributed by atoms with Crippen LogP contribution in [0.2, 0.25) is 0 Å². The molecule has 5 rings (SSSR count). The summed E-state index contributed by atoms with van der Waals surface area (Å²) in [7, 11) is 1.60. The van der Waals surface area contributed by atoms with Crippen molar-refractivity contribution in [3.05, 3.63) is 70.5 Å². The molecule has 4 aromatic rings. The summed E-state index contributed by atoms with van der Waals surface area (Å²) >= 11 is 3.54. The predicted molar refractivity (Wildman–Crippen MR) is 114 cm³/mol. The molecule has 0 saturated carbocycles. The lowest BCUT2D eigenvalue weighted by Gasteiger charge is -2.22. The molecule has 30 heavy (non-hydrogen) atoms. The number of fused-ring (bicyclic) bond motifs is 1. The highest BCUT2D eigenvalue weighted by Crippen LogP contribution is 2.31. The van der Waals surface area contributed by atoms with Crippen molar-refractivity contribution >= 4 is 15.9 Å². The number of ether oxygens (including phenoxy) is 2. The van der Waals surface area contributed by atoms with Crippen LogP contribution >= 0.6 is 15.9 Å². The third-order valence-electron chi connectivity index (χ3n) is 5.01. The molecule has 1 aliphatic heterocycles. The summed E-state index contributed by atoms with van der Waals surface area (Å²) in [6, 6.07) is 12.0. The summed E-state index contributed by atoms with van der Waals surface area (Å²) in [5.74, 6) is 1.90. The molecule has 152 valence electrons. The van der Waals surface area contributed by atoms with Crippen LogP contribution in [0, 0.1) is 6.92 Å². The van der Waals surface area contributed by atoms with Gasteiger partial charge in [0.25, 0.3) is 0 Å². The van der Waals surface area contributed by atoms with E-state index in [1.165, 1.54) is 0 Å². The number of benzene rings is 1. The lowest BCUT2D eigenvalue weighted by molar-refractivity contribution is 0.0363. The van der Waals surface area contributed by atoms with E-state index in [1.807, 2.05) is 42.0 Å². The van der Waals surface area contributed by atoms with E-state index in [2.05, 4.69) is 43.1 Å². The minimum Gasteiger partial charge on any atom is -0.479 e. The third kappa shape index (κ3) is 3.40. The van der Waals surface area contributed by atoms with E-state index in [9.17, 15) is 0 Å². The quantitative estimate of drug-likeness (QED) is 0.455. The number of halogens is 1. The second kappa shape index (κ2) is 7.66. The average molecular weight is 467 g/mol. The Morgan fingerprint density at radius 1 is 1.20 bits per heavy atom. The number of aryl methyl sites for hydroxylation is 1. The molecule has 8 nitrogen and oxygen atoms in total. The monoisotopic (exact) mass is 466 g/mol. The summed E-state index contributed by atoms with van der Waals surface area (Å²) in [6.45, 7) is 2.87. The fourth-order valence-corrected chi connectivity index (χ4v) is 3.99. The van der Waals surface area contributed by atoms with Crippen LogP contribution in [0.4, 0.5) is 0 Å². The second-order valence-electron chi connectivity index (χ2n) is 7.05. The van der Waals surface area contributed by atoms with Crippen molar-refractivity contribution in [2.24, 2.45) is 0 Å². The van der Waals surface area contributed by atoms with Crippen LogP contribution < -0.4 is 4.74 Å². The Bertz CT molecular complexity index is 1220. The molecule has 1 unspecified atom stereocenters. The van der Waals surface area contributed by atoms with Crippen molar-refractivity contribution in [2.45, 2.75) is 19.6 Å². The van der Waals surface area contributed by atoms with Crippen molar-refractivity contribution in [2.75, 3.05) is 13.7 Å². The number of hydrogen-bond donors (Lipinski definition) is 0. The minimum atomic E-state index is 0.00703. The van der Waals surface area contributed by atoms with Gasteiger partial charge in [0, 0.05) is 10.7 Å². The van der Waals surface area contributed by atoms with E-state index in [0.717, 1.165) is 27.2 Å². The molecule has 0 aliphatic carbocycles. The molecule has 9 heteroatoms. The Kier molecular flexibility index (Phi) is 4.84. The van der Waals surface area contributed by atoms with Gasteiger partial charge in [-0.25, -0.2) is 19.6 Å². The molecule has 3 aromatic heterocycles. The summed E-state index contributed by atoms with van der Waals surface area (Å²) in [5.41, 5.74) is 3.49. The zero-order valence-electron chi connectivity index (χ0n) is 16.5. The lowest BCUT2D eigenvalue weighted by atomic mass is 9.99. The van der Waals surface area contributed by atoms with Crippen LogP contribution in [0.15, 0.2) is 53.4 Å². The van der Waals surface area contributed by atoms with Crippen molar-refractivity contribution in [1.29, 1.82) is 0 Å². The first kappa shape index (κ1) is 19.0. The Labute approximate surface area is 181 Å². The van der Waals surface area contributed by atoms with Crippen molar-refractivity contribution in [3.63, 3.8) is 0 Å². The zero-order valence-corrected chi connectivity index (χ0v) is 18.1. The van der Waals surface area contributed by atoms with E-state index < -0.39 is 0 Å². The van der Waals surface area contributed by atoms with Crippen LogP contribution in [0.1, 0.15) is 23.0 Å². The summed E-state index contributed by atoms with van der Waals surface area (Å²) < 4.78 is 16.0. The van der Waals surface area contributed by atoms with E-state index in [0.29, 0.717) is 30.7 Å². The second-order valence-corrected chi connectivity index (χ2v) is 7.96. The van der Waals surface area contributed by atoms with Gasteiger partial charge >= 0.3 is 0 Å². The van der Waals surface area contributed by atoms with Gasteiger partial charge in [0.1, 0.15) is 23.9 Å². The molecule has 0 fully saturated rings. The number of methoxy groups -OCH3 is 1. The first-order chi connectivity index (χ1) is 14.6. The van der Waals surface area contributed by atoms with E-state index in [4.69, 9.17) is 14.5 Å². The number of hydrogen-bond acceptors (Lipinski definition) is 6. The molecule has 0 N–H and O–H groups in total. The van der Waals surface area contributed by atoms with E-state index >= 15 is 0 Å². The van der Waals surface area contributed by atoms with Crippen molar-refractivity contribution < 1.29 is 9.47 Å². The maximum atomic E-state index is 5.77. The molecule has 1 atom stereocenters. The lowest BCUT2D eigenvalue weighted by Crippen LogP contribution is -2.23. The molecular formula is C21H19BrN6O2. The summed E-state index contributed by atoms with van der Waals surface area (Å²) in [5, 5.41) is 4.63. The fraction of sp³-hybridized carbons (Fsp3) is 0.238. The van der Waals surface area contributed by atoms with E-state index in [1.54, 1.807) is 18.1 Å². The van der Waals surface area contributed by atoms with Crippen LogP contribution in [-0.4, -0.2) is 43.0 Å². The third-order valence-corrected chi connectivity index (χ3v) is 5.51. The average Bonchev–Trinajstić information content (AvgIpc) is 3.39. The largest absolute Gasteiger partial charge is 0.479 e. The van der Waals surface area contributed by atoms with Crippen LogP contribution in [-0.2, 0) is 11.5 Å². The molecule has 4 heterocycles. The van der Waals surface area contributed by atoms with Crippen molar-refractivity contribution in [3.8, 4) is 23.1 Å². The topological polar surface area (TPSA) is 79.9 Å². The zero-order chi connectivity index (χ0) is 20.7. The Morgan fingerprint density at radius 2 is 2.10 bits per heavy atom. The molecule has 0 amide bonds. The maximum absolute atomic E-state index is 5.77. The standard InChI is InChI=1S/C21H19BrN6O2/c1-13-9-27(11-23-13)18-7-6-17(24-21(18)29-2)19-25-20-16(10-30-12-28(20)26-19)14-4-3-5-15(22)8-14/h3-9,11,16H,10,12H2,1-2H3. The van der Waals surface area contributed by atoms with Gasteiger partial charge in [0.15, 0.2) is 5.82 Å². The van der Waals surface area contributed by atoms with Crippen LogP contribution in [0.25, 0.3) is 17.2 Å². The normalized spacial score (nSPS) is 15.8. The molecule has 0 spiro atoms. The minimum absolute atomic E-state index is 0.00703. The number of nitrogens with zero attached hydrogens (tertiary/aromatic N) is 6. The van der Waals surface area contributed by atoms with Gasteiger partial charge in [-0.1, -0.05) is 28.1 Å². The van der Waals surface area contributed by atoms with Gasteiger partial charge in [-0.05, 0) is 36.8 Å². The fourth-order valence-electron chi connectivity index (χ4n) is 3.57. The molecular weight excluding hydrogens is 448 g/mol. The van der Waals surface area contributed by atoms with E-state index in [-0.39, 0.29) is 5.92 Å². The summed E-state index contributed by atoms with van der Waals surface area (Å²) in [6.07, 6.45) is 3.66. The SMILES string of the molecule is COc1nc(-c2nc3n(n2)COCC3c2cccc(Br)c2)ccc1-n1cnc(C)c1. The highest BCUT2D eigenvalue weighted by atomic mass is 79.9. The summed E-state index contributed by atoms with van der Waals surface area (Å²) in [4.78, 5) is 13.7. The first-order valence-corrected chi connectivity index (χ1v) is 10.3. The van der Waals surface area contributed by atoms with Crippen LogP contribution in [0.5, 0.6) is 5.88 Å². The molecule has 1 aromatic carbocycles. The molecule has 1 aliphatic rings. The predicted octanol–water partition coefficient (Wildman–Crippen LogP) is 3.72. The number of imidazole rings is 1. The molecule has 0 bridgehead atoms. The van der Waals surface area contributed by atoms with Crippen molar-refractivity contribution in [1.82, 2.24) is 29.3 Å². The van der Waals surface area contributed by atoms with Gasteiger partial charge in [0.2, 0.25) is 5.88 Å². The van der Waals surface area contributed by atoms with Gasteiger partial charge in [-0.2, -0.15) is 0 Å².